The van der Waals surface area contributed by atoms with E-state index in [0.29, 0.717) is 13.1 Å². The number of furan rings is 1. The molecule has 19 heavy (non-hydrogen) atoms. The summed E-state index contributed by atoms with van der Waals surface area (Å²) < 4.78 is 6.86. The van der Waals surface area contributed by atoms with Crippen molar-refractivity contribution in [3.05, 3.63) is 48.2 Å². The Balaban J connectivity index is 1.79. The van der Waals surface area contributed by atoms with Crippen LogP contribution in [-0.4, -0.2) is 28.0 Å². The normalized spacial score (nSPS) is 14.9. The van der Waals surface area contributed by atoms with Crippen molar-refractivity contribution in [1.29, 1.82) is 0 Å². The Hall–Kier alpha value is -1.85. The van der Waals surface area contributed by atoms with Gasteiger partial charge in [-0.25, -0.2) is 0 Å². The molecule has 0 spiro atoms. The standard InChI is InChI=1S/C14H19N3O2/c1-14(18,12-9-16-17(2)10-12)11-15-7-3-5-13-6-4-8-19-13/h3-6,8-10,15,18H,7,11H2,1-2H3/b5-3+. The van der Waals surface area contributed by atoms with Crippen molar-refractivity contribution in [2.24, 2.45) is 7.05 Å². The molecule has 0 bridgehead atoms. The predicted molar refractivity (Wildman–Crippen MR) is 73.4 cm³/mol. The molecule has 0 amide bonds. The van der Waals surface area contributed by atoms with E-state index in [2.05, 4.69) is 10.4 Å². The van der Waals surface area contributed by atoms with Gasteiger partial charge in [0.25, 0.3) is 0 Å². The van der Waals surface area contributed by atoms with Crippen molar-refractivity contribution in [3.63, 3.8) is 0 Å². The third-order valence-corrected chi connectivity index (χ3v) is 2.88. The van der Waals surface area contributed by atoms with Gasteiger partial charge in [0.2, 0.25) is 0 Å². The number of rotatable bonds is 6. The van der Waals surface area contributed by atoms with Crippen molar-refractivity contribution in [2.75, 3.05) is 13.1 Å². The van der Waals surface area contributed by atoms with Gasteiger partial charge in [-0.3, -0.25) is 4.68 Å². The van der Waals surface area contributed by atoms with Gasteiger partial charge in [-0.15, -0.1) is 0 Å². The van der Waals surface area contributed by atoms with E-state index in [1.165, 1.54) is 0 Å². The van der Waals surface area contributed by atoms with Gasteiger partial charge in [0.05, 0.1) is 12.5 Å². The maximum absolute atomic E-state index is 10.3. The van der Waals surface area contributed by atoms with E-state index in [9.17, 15) is 5.11 Å². The number of aromatic nitrogens is 2. The Morgan fingerprint density at radius 3 is 3.05 bits per heavy atom. The van der Waals surface area contributed by atoms with Crippen LogP contribution in [0.4, 0.5) is 0 Å². The van der Waals surface area contributed by atoms with Gasteiger partial charge in [0, 0.05) is 31.9 Å². The summed E-state index contributed by atoms with van der Waals surface area (Å²) in [5.74, 6) is 0.820. The van der Waals surface area contributed by atoms with E-state index in [1.54, 1.807) is 24.1 Å². The fourth-order valence-corrected chi connectivity index (χ4v) is 1.76. The number of aliphatic hydroxyl groups is 1. The molecule has 5 nitrogen and oxygen atoms in total. The SMILES string of the molecule is Cn1cc(C(C)(O)CNC/C=C/c2ccco2)cn1. The van der Waals surface area contributed by atoms with E-state index in [0.717, 1.165) is 11.3 Å². The highest BCUT2D eigenvalue weighted by atomic mass is 16.3. The zero-order valence-corrected chi connectivity index (χ0v) is 11.2. The Labute approximate surface area is 112 Å². The number of aryl methyl sites for hydroxylation is 1. The first-order valence-electron chi connectivity index (χ1n) is 6.20. The average Bonchev–Trinajstić information content (AvgIpc) is 3.00. The first-order valence-corrected chi connectivity index (χ1v) is 6.20. The van der Waals surface area contributed by atoms with Crippen LogP contribution in [0.15, 0.2) is 41.3 Å². The highest BCUT2D eigenvalue weighted by Gasteiger charge is 2.23. The molecular formula is C14H19N3O2. The summed E-state index contributed by atoms with van der Waals surface area (Å²) in [4.78, 5) is 0. The van der Waals surface area contributed by atoms with Gasteiger partial charge in [-0.2, -0.15) is 5.10 Å². The number of nitrogens with zero attached hydrogens (tertiary/aromatic N) is 2. The second kappa shape index (κ2) is 5.86. The van der Waals surface area contributed by atoms with Crippen molar-refractivity contribution in [1.82, 2.24) is 15.1 Å². The molecule has 0 aliphatic carbocycles. The lowest BCUT2D eigenvalue weighted by atomic mass is 10.00. The van der Waals surface area contributed by atoms with Crippen LogP contribution in [-0.2, 0) is 12.6 Å². The van der Waals surface area contributed by atoms with Crippen molar-refractivity contribution in [3.8, 4) is 0 Å². The van der Waals surface area contributed by atoms with Gasteiger partial charge in [-0.05, 0) is 25.1 Å². The molecule has 2 aromatic heterocycles. The fraction of sp³-hybridized carbons (Fsp3) is 0.357. The van der Waals surface area contributed by atoms with Crippen LogP contribution in [0.25, 0.3) is 6.08 Å². The Kier molecular flexibility index (Phi) is 4.19. The zero-order chi connectivity index (χ0) is 13.7. The van der Waals surface area contributed by atoms with E-state index < -0.39 is 5.60 Å². The lowest BCUT2D eigenvalue weighted by Crippen LogP contribution is -2.35. The number of hydrogen-bond acceptors (Lipinski definition) is 4. The summed E-state index contributed by atoms with van der Waals surface area (Å²) in [6, 6.07) is 3.74. The van der Waals surface area contributed by atoms with Gasteiger partial charge in [0.15, 0.2) is 0 Å². The van der Waals surface area contributed by atoms with Crippen LogP contribution >= 0.6 is 0 Å². The highest BCUT2D eigenvalue weighted by Crippen LogP contribution is 2.18. The van der Waals surface area contributed by atoms with E-state index in [-0.39, 0.29) is 0 Å². The maximum Gasteiger partial charge on any atom is 0.126 e. The van der Waals surface area contributed by atoms with Gasteiger partial charge < -0.3 is 14.8 Å². The minimum Gasteiger partial charge on any atom is -0.465 e. The molecule has 0 fully saturated rings. The maximum atomic E-state index is 10.3. The summed E-state index contributed by atoms with van der Waals surface area (Å²) in [5.41, 5.74) is -0.121. The first kappa shape index (κ1) is 13.6. The monoisotopic (exact) mass is 261 g/mol. The molecular weight excluding hydrogens is 242 g/mol. The lowest BCUT2D eigenvalue weighted by molar-refractivity contribution is 0.0580. The quantitative estimate of drug-likeness (QED) is 0.774. The summed E-state index contributed by atoms with van der Waals surface area (Å²) in [5, 5.41) is 17.6. The highest BCUT2D eigenvalue weighted by molar-refractivity contribution is 5.42. The second-order valence-corrected chi connectivity index (χ2v) is 4.73. The lowest BCUT2D eigenvalue weighted by Gasteiger charge is -2.21. The van der Waals surface area contributed by atoms with Gasteiger partial charge in [0.1, 0.15) is 11.4 Å². The van der Waals surface area contributed by atoms with Crippen LogP contribution in [0.3, 0.4) is 0 Å². The van der Waals surface area contributed by atoms with Crippen LogP contribution < -0.4 is 5.32 Å². The average molecular weight is 261 g/mol. The molecule has 2 rings (SSSR count). The number of nitrogens with one attached hydrogen (secondary N) is 1. The molecule has 2 heterocycles. The minimum absolute atomic E-state index is 0.460. The molecule has 0 saturated carbocycles. The summed E-state index contributed by atoms with van der Waals surface area (Å²) in [6.45, 7) is 2.89. The molecule has 2 aromatic rings. The number of hydrogen-bond donors (Lipinski definition) is 2. The molecule has 1 atom stereocenters. The van der Waals surface area contributed by atoms with E-state index >= 15 is 0 Å². The molecule has 1 unspecified atom stereocenters. The van der Waals surface area contributed by atoms with Gasteiger partial charge >= 0.3 is 0 Å². The van der Waals surface area contributed by atoms with Crippen molar-refractivity contribution < 1.29 is 9.52 Å². The Bertz CT molecular complexity index is 527. The van der Waals surface area contributed by atoms with Crippen LogP contribution in [0.5, 0.6) is 0 Å². The Morgan fingerprint density at radius 2 is 2.42 bits per heavy atom. The zero-order valence-electron chi connectivity index (χ0n) is 11.2. The van der Waals surface area contributed by atoms with E-state index in [4.69, 9.17) is 4.42 Å². The minimum atomic E-state index is -0.924. The third kappa shape index (κ3) is 3.81. The van der Waals surface area contributed by atoms with Crippen molar-refractivity contribution >= 4 is 6.08 Å². The second-order valence-electron chi connectivity index (χ2n) is 4.73. The van der Waals surface area contributed by atoms with E-state index in [1.807, 2.05) is 37.5 Å². The Morgan fingerprint density at radius 1 is 1.58 bits per heavy atom. The molecule has 0 aliphatic heterocycles. The molecule has 0 aromatic carbocycles. The predicted octanol–water partition coefficient (Wildman–Crippen LogP) is 1.52. The van der Waals surface area contributed by atoms with Crippen LogP contribution in [0.2, 0.25) is 0 Å². The molecule has 5 heteroatoms. The molecule has 0 aliphatic rings. The summed E-state index contributed by atoms with van der Waals surface area (Å²) in [6.07, 6.45) is 8.99. The molecule has 2 N–H and O–H groups in total. The molecule has 0 radical (unpaired) electrons. The van der Waals surface area contributed by atoms with Crippen LogP contribution in [0, 0.1) is 0 Å². The van der Waals surface area contributed by atoms with Gasteiger partial charge in [-0.1, -0.05) is 6.08 Å². The smallest absolute Gasteiger partial charge is 0.126 e. The fourth-order valence-electron chi connectivity index (χ4n) is 1.76. The van der Waals surface area contributed by atoms with Crippen LogP contribution in [0.1, 0.15) is 18.2 Å². The van der Waals surface area contributed by atoms with Crippen molar-refractivity contribution in [2.45, 2.75) is 12.5 Å². The first-order chi connectivity index (χ1) is 9.08. The summed E-state index contributed by atoms with van der Waals surface area (Å²) in [7, 11) is 1.83. The summed E-state index contributed by atoms with van der Waals surface area (Å²) >= 11 is 0. The molecule has 0 saturated heterocycles. The largest absolute Gasteiger partial charge is 0.465 e. The topological polar surface area (TPSA) is 63.2 Å². The third-order valence-electron chi connectivity index (χ3n) is 2.88. The molecule has 102 valence electrons.